The van der Waals surface area contributed by atoms with Gasteiger partial charge in [0.15, 0.2) is 5.65 Å². The van der Waals surface area contributed by atoms with Gasteiger partial charge in [-0.3, -0.25) is 4.79 Å². The first kappa shape index (κ1) is 24.2. The third-order valence-electron chi connectivity index (χ3n) is 6.65. The first-order valence-corrected chi connectivity index (χ1v) is 13.7. The van der Waals surface area contributed by atoms with Gasteiger partial charge in [-0.25, -0.2) is 13.4 Å². The molecule has 0 radical (unpaired) electrons. The summed E-state index contributed by atoms with van der Waals surface area (Å²) in [5, 5.41) is 8.87. The van der Waals surface area contributed by atoms with Gasteiger partial charge in [-0.2, -0.15) is 4.52 Å². The predicted molar refractivity (Wildman–Crippen MR) is 136 cm³/mol. The van der Waals surface area contributed by atoms with Crippen molar-refractivity contribution in [2.75, 3.05) is 24.6 Å². The number of anilines is 1. The van der Waals surface area contributed by atoms with E-state index in [1.807, 2.05) is 41.3 Å². The topological polar surface area (TPSA) is 107 Å². The first-order chi connectivity index (χ1) is 17.3. The number of hydrogen-bond donors (Lipinski definition) is 0. The highest BCUT2D eigenvalue weighted by Crippen LogP contribution is 2.32. The van der Waals surface area contributed by atoms with E-state index in [0.29, 0.717) is 31.0 Å². The van der Waals surface area contributed by atoms with E-state index in [4.69, 9.17) is 9.72 Å². The van der Waals surface area contributed by atoms with Crippen molar-refractivity contribution in [1.82, 2.24) is 19.8 Å². The average molecular weight is 508 g/mol. The molecule has 1 atom stereocenters. The van der Waals surface area contributed by atoms with Crippen LogP contribution in [0.4, 0.5) is 5.82 Å². The van der Waals surface area contributed by atoms with Crippen LogP contribution in [0.25, 0.3) is 16.6 Å². The van der Waals surface area contributed by atoms with E-state index < -0.39 is 9.84 Å². The van der Waals surface area contributed by atoms with Gasteiger partial charge in [-0.15, -0.1) is 5.10 Å². The van der Waals surface area contributed by atoms with Gasteiger partial charge in [0.2, 0.25) is 14.9 Å². The normalized spacial score (nSPS) is 16.7. The lowest BCUT2D eigenvalue weighted by Gasteiger charge is -2.33. The molecule has 0 amide bonds. The summed E-state index contributed by atoms with van der Waals surface area (Å²) < 4.78 is 33.9. The average Bonchev–Trinajstić information content (AvgIpc) is 3.34. The maximum atomic E-state index is 13.6. The van der Waals surface area contributed by atoms with Gasteiger partial charge >= 0.3 is 5.97 Å². The molecule has 188 valence electrons. The van der Waals surface area contributed by atoms with Crippen molar-refractivity contribution in [3.05, 3.63) is 54.1 Å². The fourth-order valence-corrected chi connectivity index (χ4v) is 5.94. The van der Waals surface area contributed by atoms with Crippen molar-refractivity contribution < 1.29 is 17.9 Å². The van der Waals surface area contributed by atoms with Crippen LogP contribution in [0, 0.1) is 5.92 Å². The Hall–Kier alpha value is -3.53. The van der Waals surface area contributed by atoms with Crippen LogP contribution in [0.5, 0.6) is 0 Å². The highest BCUT2D eigenvalue weighted by molar-refractivity contribution is 7.91. The first-order valence-electron chi connectivity index (χ1n) is 12.2. The summed E-state index contributed by atoms with van der Waals surface area (Å²) in [6.07, 6.45) is 1.55. The zero-order valence-electron chi connectivity index (χ0n) is 20.6. The van der Waals surface area contributed by atoms with E-state index in [0.717, 1.165) is 23.8 Å². The van der Waals surface area contributed by atoms with Gasteiger partial charge in [0.1, 0.15) is 5.82 Å². The molecule has 1 aliphatic rings. The minimum Gasteiger partial charge on any atom is -0.466 e. The zero-order chi connectivity index (χ0) is 25.4. The number of ether oxygens (including phenoxy) is 1. The maximum Gasteiger partial charge on any atom is 0.310 e. The molecular weight excluding hydrogens is 478 g/mol. The van der Waals surface area contributed by atoms with Crippen molar-refractivity contribution >= 4 is 38.2 Å². The van der Waals surface area contributed by atoms with Gasteiger partial charge in [0.05, 0.1) is 22.9 Å². The molecule has 1 saturated heterocycles. The Balaban J connectivity index is 1.63. The second-order valence-corrected chi connectivity index (χ2v) is 11.2. The molecule has 3 heterocycles. The molecule has 0 bridgehead atoms. The van der Waals surface area contributed by atoms with Gasteiger partial charge < -0.3 is 9.64 Å². The van der Waals surface area contributed by atoms with E-state index in [9.17, 15) is 13.2 Å². The Bertz CT molecular complexity index is 1530. The highest BCUT2D eigenvalue weighted by atomic mass is 32.2. The van der Waals surface area contributed by atoms with Crippen molar-refractivity contribution in [2.45, 2.75) is 49.5 Å². The molecule has 0 aliphatic carbocycles. The summed E-state index contributed by atoms with van der Waals surface area (Å²) >= 11 is 0. The summed E-state index contributed by atoms with van der Waals surface area (Å²) in [5.74, 6) is 0.421. The molecule has 5 rings (SSSR count). The van der Waals surface area contributed by atoms with Crippen LogP contribution >= 0.6 is 0 Å². The Morgan fingerprint density at radius 2 is 1.89 bits per heavy atom. The van der Waals surface area contributed by atoms with Crippen molar-refractivity contribution in [3.63, 3.8) is 0 Å². The van der Waals surface area contributed by atoms with Crippen LogP contribution in [0.3, 0.4) is 0 Å². The van der Waals surface area contributed by atoms with Gasteiger partial charge in [0, 0.05) is 18.5 Å². The summed E-state index contributed by atoms with van der Waals surface area (Å²) in [5.41, 5.74) is 1.91. The van der Waals surface area contributed by atoms with Crippen LogP contribution in [-0.2, 0) is 19.4 Å². The Kier molecular flexibility index (Phi) is 6.38. The van der Waals surface area contributed by atoms with Crippen LogP contribution in [0.1, 0.15) is 45.1 Å². The third kappa shape index (κ3) is 4.19. The highest BCUT2D eigenvalue weighted by Gasteiger charge is 2.31. The standard InChI is InChI=1S/C26H29N5O4S/c1-4-35-26(32)19-8-7-15-30(16-19)23-21-9-5-6-10-22(21)31-24(27-23)25(28-29-31)36(33,34)20-13-11-18(12-14-20)17(2)3/h5-6,9-14,17,19H,4,7-8,15-16H2,1-3H3/t19-/m0/s1. The Labute approximate surface area is 210 Å². The predicted octanol–water partition coefficient (Wildman–Crippen LogP) is 4.01. The number of rotatable bonds is 6. The van der Waals surface area contributed by atoms with Crippen molar-refractivity contribution in [2.24, 2.45) is 5.92 Å². The number of sulfone groups is 1. The summed E-state index contributed by atoms with van der Waals surface area (Å²) in [6, 6.07) is 14.4. The quantitative estimate of drug-likeness (QED) is 0.360. The molecule has 4 aromatic rings. The fraction of sp³-hybridized carbons (Fsp3) is 0.385. The largest absolute Gasteiger partial charge is 0.466 e. The minimum atomic E-state index is -3.96. The number of hydrogen-bond acceptors (Lipinski definition) is 8. The molecule has 0 unspecified atom stereocenters. The number of carbonyl (C=O) groups is 1. The molecule has 0 N–H and O–H groups in total. The summed E-state index contributed by atoms with van der Waals surface area (Å²) in [7, 11) is -3.96. The van der Waals surface area contributed by atoms with Crippen LogP contribution in [0.2, 0.25) is 0 Å². The Morgan fingerprint density at radius 1 is 1.14 bits per heavy atom. The fourth-order valence-electron chi connectivity index (χ4n) is 4.71. The van der Waals surface area contributed by atoms with Gasteiger partial charge in [-0.1, -0.05) is 43.3 Å². The molecule has 0 saturated carbocycles. The van der Waals surface area contributed by atoms with Crippen LogP contribution < -0.4 is 4.90 Å². The number of piperidine rings is 1. The monoisotopic (exact) mass is 507 g/mol. The van der Waals surface area contributed by atoms with E-state index in [2.05, 4.69) is 24.2 Å². The molecule has 9 nitrogen and oxygen atoms in total. The lowest BCUT2D eigenvalue weighted by molar-refractivity contribution is -0.148. The van der Waals surface area contributed by atoms with E-state index in [-0.39, 0.29) is 33.4 Å². The third-order valence-corrected chi connectivity index (χ3v) is 8.32. The number of carbonyl (C=O) groups excluding carboxylic acids is 1. The molecular formula is C26H29N5O4S. The maximum absolute atomic E-state index is 13.6. The molecule has 36 heavy (non-hydrogen) atoms. The molecule has 1 fully saturated rings. The Morgan fingerprint density at radius 3 is 2.61 bits per heavy atom. The minimum absolute atomic E-state index is 0.145. The number of nitrogens with zero attached hydrogens (tertiary/aromatic N) is 5. The van der Waals surface area contributed by atoms with E-state index >= 15 is 0 Å². The lowest BCUT2D eigenvalue weighted by atomic mass is 9.98. The van der Waals surface area contributed by atoms with Crippen LogP contribution in [-0.4, -0.2) is 53.9 Å². The smallest absolute Gasteiger partial charge is 0.310 e. The molecule has 0 spiro atoms. The van der Waals surface area contributed by atoms with E-state index in [1.165, 1.54) is 4.52 Å². The number of fused-ring (bicyclic) bond motifs is 3. The molecule has 2 aromatic heterocycles. The van der Waals surface area contributed by atoms with Gasteiger partial charge in [-0.05, 0) is 55.5 Å². The SMILES string of the molecule is CCOC(=O)[C@H]1CCCN(c2nc3c(S(=O)(=O)c4ccc(C(C)C)cc4)nnn3c3ccccc23)C1. The zero-order valence-corrected chi connectivity index (χ0v) is 21.4. The second-order valence-electron chi connectivity index (χ2n) is 9.35. The number of aromatic nitrogens is 4. The second kappa shape index (κ2) is 9.50. The number of para-hydroxylation sites is 1. The number of benzene rings is 2. The van der Waals surface area contributed by atoms with Gasteiger partial charge in [0.25, 0.3) is 0 Å². The van der Waals surface area contributed by atoms with Crippen molar-refractivity contribution in [1.29, 1.82) is 0 Å². The van der Waals surface area contributed by atoms with Crippen LogP contribution in [0.15, 0.2) is 58.5 Å². The molecule has 1 aliphatic heterocycles. The number of esters is 1. The summed E-state index contributed by atoms with van der Waals surface area (Å²) in [4.78, 5) is 19.4. The lowest BCUT2D eigenvalue weighted by Crippen LogP contribution is -2.40. The van der Waals surface area contributed by atoms with E-state index in [1.54, 1.807) is 19.1 Å². The van der Waals surface area contributed by atoms with Crippen molar-refractivity contribution in [3.8, 4) is 0 Å². The molecule has 10 heteroatoms. The summed E-state index contributed by atoms with van der Waals surface area (Å²) in [6.45, 7) is 7.39. The molecule has 2 aromatic carbocycles.